The molecule has 6 atom stereocenters. The number of aromatic nitrogens is 2. The lowest BCUT2D eigenvalue weighted by Crippen LogP contribution is -2.53. The van der Waals surface area contributed by atoms with Gasteiger partial charge in [0.15, 0.2) is 0 Å². The largest absolute Gasteiger partial charge is 0.396 e. The van der Waals surface area contributed by atoms with E-state index in [9.17, 15) is 5.11 Å². The number of hydrogen-bond donors (Lipinski definition) is 3. The van der Waals surface area contributed by atoms with Crippen molar-refractivity contribution in [3.8, 4) is 0 Å². The van der Waals surface area contributed by atoms with E-state index >= 15 is 0 Å². The zero-order valence-corrected chi connectivity index (χ0v) is 18.3. The van der Waals surface area contributed by atoms with E-state index in [1.165, 1.54) is 35.2 Å². The van der Waals surface area contributed by atoms with E-state index in [0.717, 1.165) is 25.8 Å². The Kier molecular flexibility index (Phi) is 4.90. The smallest absolute Gasteiger partial charge is 0.0522 e. The maximum absolute atomic E-state index is 10.3. The van der Waals surface area contributed by atoms with Crippen LogP contribution in [0.25, 0.3) is 5.57 Å². The van der Waals surface area contributed by atoms with Crippen LogP contribution in [0.2, 0.25) is 0 Å². The minimum absolute atomic E-state index is 0.0620. The predicted molar refractivity (Wildman–Crippen MR) is 121 cm³/mol. The number of fused-ring (bicyclic) bond motifs is 2. The van der Waals surface area contributed by atoms with Crippen molar-refractivity contribution in [1.29, 1.82) is 0 Å². The number of allylic oxidation sites excluding steroid dienone is 2. The lowest BCUT2D eigenvalue weighted by Gasteiger charge is -2.56. The number of nitrogens with two attached hydrogens (primary N) is 1. The molecular formula is C26H35N3O. The van der Waals surface area contributed by atoms with Gasteiger partial charge < -0.3 is 10.8 Å². The first-order chi connectivity index (χ1) is 14.5. The Hall–Kier alpha value is -1.91. The third-order valence-electron chi connectivity index (χ3n) is 9.20. The van der Waals surface area contributed by atoms with Gasteiger partial charge in [-0.3, -0.25) is 5.10 Å². The standard InChI is InChI=1S/C26H35N3O/c1-25-11-10-23(26(2)13-18-15-28-29-24(18)12-19(26)16-30)20(14-27)22(25)9-8-21(25)17-6-4-3-5-7-17/h3-8,15,19-20,22-23,30H,9-14,16,27H2,1-2H3,(H,28,29)/t19-,20+,22+,23+,25-,26+/m1/s1. The second-order valence-corrected chi connectivity index (χ2v) is 10.4. The lowest BCUT2D eigenvalue weighted by atomic mass is 9.49. The molecule has 5 rings (SSSR count). The van der Waals surface area contributed by atoms with Gasteiger partial charge in [-0.15, -0.1) is 0 Å². The number of nitrogens with zero attached hydrogens (tertiary/aromatic N) is 1. The number of hydrogen-bond acceptors (Lipinski definition) is 3. The molecule has 2 aromatic rings. The second kappa shape index (κ2) is 7.35. The van der Waals surface area contributed by atoms with Crippen LogP contribution in [0, 0.1) is 34.5 Å². The maximum Gasteiger partial charge on any atom is 0.0522 e. The van der Waals surface area contributed by atoms with Gasteiger partial charge in [-0.05, 0) is 89.9 Å². The zero-order chi connectivity index (χ0) is 20.9. The molecule has 0 aliphatic heterocycles. The summed E-state index contributed by atoms with van der Waals surface area (Å²) in [5, 5.41) is 17.8. The molecule has 30 heavy (non-hydrogen) atoms. The van der Waals surface area contributed by atoms with Crippen LogP contribution in [0.4, 0.5) is 0 Å². The van der Waals surface area contributed by atoms with E-state index < -0.39 is 0 Å². The van der Waals surface area contributed by atoms with Gasteiger partial charge in [-0.1, -0.05) is 50.3 Å². The van der Waals surface area contributed by atoms with Crippen molar-refractivity contribution in [1.82, 2.24) is 10.2 Å². The van der Waals surface area contributed by atoms with Crippen LogP contribution < -0.4 is 5.73 Å². The third kappa shape index (κ3) is 2.84. The minimum atomic E-state index is 0.0620. The summed E-state index contributed by atoms with van der Waals surface area (Å²) in [7, 11) is 0. The zero-order valence-electron chi connectivity index (χ0n) is 18.3. The fourth-order valence-electron chi connectivity index (χ4n) is 7.48. The summed E-state index contributed by atoms with van der Waals surface area (Å²) in [5.41, 5.74) is 12.2. The van der Waals surface area contributed by atoms with Crippen LogP contribution in [0.5, 0.6) is 0 Å². The Morgan fingerprint density at radius 3 is 2.73 bits per heavy atom. The molecule has 3 aliphatic carbocycles. The molecule has 1 fully saturated rings. The summed E-state index contributed by atoms with van der Waals surface area (Å²) in [4.78, 5) is 0. The van der Waals surface area contributed by atoms with Gasteiger partial charge in [-0.2, -0.15) is 5.10 Å². The van der Waals surface area contributed by atoms with Crippen LogP contribution in [0.15, 0.2) is 42.6 Å². The molecule has 1 heterocycles. The fraction of sp³-hybridized carbons (Fsp3) is 0.577. The Morgan fingerprint density at radius 1 is 1.20 bits per heavy atom. The Morgan fingerprint density at radius 2 is 2.00 bits per heavy atom. The third-order valence-corrected chi connectivity index (χ3v) is 9.20. The Bertz CT molecular complexity index is 935. The van der Waals surface area contributed by atoms with Crippen molar-refractivity contribution in [2.45, 2.75) is 46.0 Å². The molecule has 0 saturated heterocycles. The first-order valence-electron chi connectivity index (χ1n) is 11.6. The summed E-state index contributed by atoms with van der Waals surface area (Å²) in [6, 6.07) is 10.9. The topological polar surface area (TPSA) is 74.9 Å². The highest BCUT2D eigenvalue weighted by Gasteiger charge is 2.56. The highest BCUT2D eigenvalue weighted by molar-refractivity contribution is 5.72. The number of nitrogens with one attached hydrogen (secondary N) is 1. The van der Waals surface area contributed by atoms with Gasteiger partial charge in [0, 0.05) is 12.3 Å². The summed E-state index contributed by atoms with van der Waals surface area (Å²) in [6.45, 7) is 5.86. The van der Waals surface area contributed by atoms with Crippen molar-refractivity contribution in [2.24, 2.45) is 40.2 Å². The van der Waals surface area contributed by atoms with Gasteiger partial charge in [0.05, 0.1) is 6.20 Å². The van der Waals surface area contributed by atoms with Crippen LogP contribution in [0.1, 0.15) is 49.9 Å². The summed E-state index contributed by atoms with van der Waals surface area (Å²) < 4.78 is 0. The van der Waals surface area contributed by atoms with Gasteiger partial charge in [0.2, 0.25) is 0 Å². The SMILES string of the molecule is C[C@]1([C@H]2CC[C@]3(C)C(c4ccccc4)=CC[C@H]3[C@@H]2CN)Cc2cn[nH]c2C[C@@H]1CO. The highest BCUT2D eigenvalue weighted by atomic mass is 16.3. The quantitative estimate of drug-likeness (QED) is 0.713. The molecule has 0 bridgehead atoms. The monoisotopic (exact) mass is 405 g/mol. The Balaban J connectivity index is 1.47. The van der Waals surface area contributed by atoms with E-state index in [1.807, 2.05) is 6.20 Å². The molecule has 160 valence electrons. The molecule has 4 nitrogen and oxygen atoms in total. The summed E-state index contributed by atoms with van der Waals surface area (Å²) >= 11 is 0. The van der Waals surface area contributed by atoms with Crippen LogP contribution in [-0.4, -0.2) is 28.5 Å². The van der Waals surface area contributed by atoms with Crippen molar-refractivity contribution in [3.63, 3.8) is 0 Å². The minimum Gasteiger partial charge on any atom is -0.396 e. The fourth-order valence-corrected chi connectivity index (χ4v) is 7.48. The first-order valence-corrected chi connectivity index (χ1v) is 11.6. The molecule has 4 N–H and O–H groups in total. The summed E-state index contributed by atoms with van der Waals surface area (Å²) in [5.74, 6) is 1.85. The van der Waals surface area contributed by atoms with E-state index in [1.54, 1.807) is 0 Å². The number of rotatable bonds is 4. The van der Waals surface area contributed by atoms with E-state index in [2.05, 4.69) is 60.5 Å². The van der Waals surface area contributed by atoms with Crippen LogP contribution in [-0.2, 0) is 12.8 Å². The normalized spacial score (nSPS) is 38.1. The molecule has 0 spiro atoms. The molecule has 1 aromatic heterocycles. The Labute approximate surface area is 180 Å². The van der Waals surface area contributed by atoms with Gasteiger partial charge >= 0.3 is 0 Å². The number of aromatic amines is 1. The lowest BCUT2D eigenvalue weighted by molar-refractivity contribution is -0.0514. The van der Waals surface area contributed by atoms with Gasteiger partial charge in [0.25, 0.3) is 0 Å². The van der Waals surface area contributed by atoms with E-state index in [0.29, 0.717) is 17.8 Å². The average Bonchev–Trinajstić information content (AvgIpc) is 3.35. The average molecular weight is 406 g/mol. The molecule has 0 radical (unpaired) electrons. The molecule has 1 saturated carbocycles. The maximum atomic E-state index is 10.3. The first kappa shape index (κ1) is 20.0. The van der Waals surface area contributed by atoms with Crippen LogP contribution >= 0.6 is 0 Å². The molecular weight excluding hydrogens is 370 g/mol. The predicted octanol–water partition coefficient (Wildman–Crippen LogP) is 4.22. The molecule has 0 unspecified atom stereocenters. The van der Waals surface area contributed by atoms with E-state index in [-0.39, 0.29) is 23.4 Å². The van der Waals surface area contributed by atoms with Crippen molar-refractivity contribution in [2.75, 3.05) is 13.2 Å². The number of aliphatic hydroxyl groups excluding tert-OH is 1. The van der Waals surface area contributed by atoms with Crippen LogP contribution in [0.3, 0.4) is 0 Å². The molecule has 0 amide bonds. The molecule has 1 aromatic carbocycles. The second-order valence-electron chi connectivity index (χ2n) is 10.4. The van der Waals surface area contributed by atoms with Crippen molar-refractivity contribution >= 4 is 5.57 Å². The summed E-state index contributed by atoms with van der Waals surface area (Å²) in [6.07, 6.45) is 9.88. The van der Waals surface area contributed by atoms with Crippen molar-refractivity contribution < 1.29 is 5.11 Å². The van der Waals surface area contributed by atoms with Crippen molar-refractivity contribution in [3.05, 3.63) is 59.4 Å². The number of benzene rings is 1. The van der Waals surface area contributed by atoms with Gasteiger partial charge in [0.1, 0.15) is 0 Å². The van der Waals surface area contributed by atoms with E-state index in [4.69, 9.17) is 5.73 Å². The highest BCUT2D eigenvalue weighted by Crippen LogP contribution is 2.63. The molecule has 3 aliphatic rings. The molecule has 4 heteroatoms. The van der Waals surface area contributed by atoms with Gasteiger partial charge in [-0.25, -0.2) is 0 Å². The number of aliphatic hydroxyl groups is 1. The number of H-pyrrole nitrogens is 1.